The molecule has 0 aliphatic rings. The standard InChI is InChI=1S/C13H7F5O/c14-8-2-3-9(12(19)6-8)7-1-4-11(15)10(5-7)13(16,17)18/h1-6,19H. The number of benzene rings is 2. The second-order valence-electron chi connectivity index (χ2n) is 3.85. The van der Waals surface area contributed by atoms with Crippen LogP contribution in [0.25, 0.3) is 11.1 Å². The molecule has 0 aromatic heterocycles. The third-order valence-corrected chi connectivity index (χ3v) is 2.54. The first-order valence-electron chi connectivity index (χ1n) is 5.14. The molecule has 1 nitrogen and oxygen atoms in total. The van der Waals surface area contributed by atoms with E-state index in [1.165, 1.54) is 0 Å². The van der Waals surface area contributed by atoms with Crippen LogP contribution in [0.1, 0.15) is 5.56 Å². The Bertz CT molecular complexity index is 619. The van der Waals surface area contributed by atoms with E-state index in [4.69, 9.17) is 0 Å². The predicted octanol–water partition coefficient (Wildman–Crippen LogP) is 4.36. The van der Waals surface area contributed by atoms with Crippen molar-refractivity contribution in [3.63, 3.8) is 0 Å². The molecule has 1 N–H and O–H groups in total. The SMILES string of the molecule is Oc1cc(F)ccc1-c1ccc(F)c(C(F)(F)F)c1. The molecule has 0 aliphatic carbocycles. The second-order valence-corrected chi connectivity index (χ2v) is 3.85. The Labute approximate surface area is 104 Å². The minimum absolute atomic E-state index is 0.00750. The van der Waals surface area contributed by atoms with E-state index in [1.54, 1.807) is 0 Å². The van der Waals surface area contributed by atoms with Crippen LogP contribution in [0.4, 0.5) is 22.0 Å². The summed E-state index contributed by atoms with van der Waals surface area (Å²) >= 11 is 0. The number of phenolic OH excluding ortho intramolecular Hbond substituents is 1. The molecule has 0 spiro atoms. The first-order chi connectivity index (χ1) is 8.79. The van der Waals surface area contributed by atoms with Gasteiger partial charge in [0, 0.05) is 11.6 Å². The minimum Gasteiger partial charge on any atom is -0.507 e. The van der Waals surface area contributed by atoms with Crippen LogP contribution in [0.5, 0.6) is 5.75 Å². The van der Waals surface area contributed by atoms with Gasteiger partial charge in [-0.25, -0.2) is 8.78 Å². The molecule has 0 amide bonds. The van der Waals surface area contributed by atoms with Crippen molar-refractivity contribution in [2.45, 2.75) is 6.18 Å². The van der Waals surface area contributed by atoms with Crippen LogP contribution in [0.3, 0.4) is 0 Å². The normalized spacial score (nSPS) is 11.6. The lowest BCUT2D eigenvalue weighted by molar-refractivity contribution is -0.139. The van der Waals surface area contributed by atoms with Gasteiger partial charge in [-0.05, 0) is 29.8 Å². The summed E-state index contributed by atoms with van der Waals surface area (Å²) in [6.07, 6.45) is -4.84. The van der Waals surface area contributed by atoms with E-state index in [2.05, 4.69) is 0 Å². The fourth-order valence-electron chi connectivity index (χ4n) is 1.66. The molecule has 0 radical (unpaired) electrons. The van der Waals surface area contributed by atoms with Gasteiger partial charge in [-0.1, -0.05) is 6.07 Å². The van der Waals surface area contributed by atoms with E-state index in [0.29, 0.717) is 12.1 Å². The maximum Gasteiger partial charge on any atom is 0.419 e. The number of hydrogen-bond donors (Lipinski definition) is 1. The first-order valence-corrected chi connectivity index (χ1v) is 5.14. The van der Waals surface area contributed by atoms with E-state index in [9.17, 15) is 27.1 Å². The minimum atomic E-state index is -4.84. The van der Waals surface area contributed by atoms with Crippen LogP contribution in [0.15, 0.2) is 36.4 Å². The van der Waals surface area contributed by atoms with Crippen LogP contribution in [0.2, 0.25) is 0 Å². The largest absolute Gasteiger partial charge is 0.507 e. The van der Waals surface area contributed by atoms with Gasteiger partial charge in [0.05, 0.1) is 5.56 Å². The Morgan fingerprint density at radius 2 is 1.58 bits per heavy atom. The number of hydrogen-bond acceptors (Lipinski definition) is 1. The Morgan fingerprint density at radius 1 is 0.895 bits per heavy atom. The highest BCUT2D eigenvalue weighted by Crippen LogP contribution is 2.36. The Hall–Kier alpha value is -2.11. The van der Waals surface area contributed by atoms with Gasteiger partial charge in [-0.15, -0.1) is 0 Å². The smallest absolute Gasteiger partial charge is 0.419 e. The van der Waals surface area contributed by atoms with Crippen molar-refractivity contribution in [3.8, 4) is 16.9 Å². The molecule has 2 aromatic rings. The molecular weight excluding hydrogens is 267 g/mol. The molecule has 100 valence electrons. The summed E-state index contributed by atoms with van der Waals surface area (Å²) in [7, 11) is 0. The molecule has 0 atom stereocenters. The van der Waals surface area contributed by atoms with Crippen LogP contribution >= 0.6 is 0 Å². The molecule has 0 saturated carbocycles. The summed E-state index contributed by atoms with van der Waals surface area (Å²) < 4.78 is 63.5. The second kappa shape index (κ2) is 4.53. The maximum absolute atomic E-state index is 13.1. The van der Waals surface area contributed by atoms with Crippen LogP contribution in [-0.4, -0.2) is 5.11 Å². The Morgan fingerprint density at radius 3 is 2.16 bits per heavy atom. The van der Waals surface area contributed by atoms with Crippen LogP contribution < -0.4 is 0 Å². The zero-order valence-electron chi connectivity index (χ0n) is 9.30. The fourth-order valence-corrected chi connectivity index (χ4v) is 1.66. The third kappa shape index (κ3) is 2.67. The van der Waals surface area contributed by atoms with E-state index in [1.807, 2.05) is 0 Å². The number of phenols is 1. The Kier molecular flexibility index (Phi) is 3.18. The average Bonchev–Trinajstić information content (AvgIpc) is 2.29. The van der Waals surface area contributed by atoms with Crippen molar-refractivity contribution in [2.24, 2.45) is 0 Å². The maximum atomic E-state index is 13.1. The summed E-state index contributed by atoms with van der Waals surface area (Å²) in [5, 5.41) is 9.49. The molecule has 0 heterocycles. The molecule has 0 fully saturated rings. The van der Waals surface area contributed by atoms with Crippen LogP contribution in [0, 0.1) is 11.6 Å². The average molecular weight is 274 g/mol. The summed E-state index contributed by atoms with van der Waals surface area (Å²) in [5.74, 6) is -2.64. The highest BCUT2D eigenvalue weighted by atomic mass is 19.4. The summed E-state index contributed by atoms with van der Waals surface area (Å²) in [5.41, 5.74) is -1.49. The van der Waals surface area contributed by atoms with Gasteiger partial charge in [0.15, 0.2) is 0 Å². The predicted molar refractivity (Wildman–Crippen MR) is 58.5 cm³/mol. The zero-order chi connectivity index (χ0) is 14.2. The number of aromatic hydroxyl groups is 1. The summed E-state index contributed by atoms with van der Waals surface area (Å²) in [6, 6.07) is 5.19. The molecule has 2 aromatic carbocycles. The number of halogens is 5. The topological polar surface area (TPSA) is 20.2 Å². The van der Waals surface area contributed by atoms with Crippen molar-refractivity contribution in [1.82, 2.24) is 0 Å². The Balaban J connectivity index is 2.58. The lowest BCUT2D eigenvalue weighted by atomic mass is 10.0. The van der Waals surface area contributed by atoms with E-state index in [-0.39, 0.29) is 11.1 Å². The molecule has 0 bridgehead atoms. The summed E-state index contributed by atoms with van der Waals surface area (Å²) in [6.45, 7) is 0. The van der Waals surface area contributed by atoms with Gasteiger partial charge in [0.2, 0.25) is 0 Å². The van der Waals surface area contributed by atoms with Crippen molar-refractivity contribution in [1.29, 1.82) is 0 Å². The third-order valence-electron chi connectivity index (χ3n) is 2.54. The quantitative estimate of drug-likeness (QED) is 0.766. The molecule has 19 heavy (non-hydrogen) atoms. The van der Waals surface area contributed by atoms with Gasteiger partial charge in [-0.2, -0.15) is 13.2 Å². The van der Waals surface area contributed by atoms with E-state index < -0.39 is 29.1 Å². The van der Waals surface area contributed by atoms with Gasteiger partial charge in [0.25, 0.3) is 0 Å². The molecule has 0 saturated heterocycles. The van der Waals surface area contributed by atoms with E-state index >= 15 is 0 Å². The fraction of sp³-hybridized carbons (Fsp3) is 0.0769. The highest BCUT2D eigenvalue weighted by Gasteiger charge is 2.34. The summed E-state index contributed by atoms with van der Waals surface area (Å²) in [4.78, 5) is 0. The lowest BCUT2D eigenvalue weighted by Gasteiger charge is -2.11. The first kappa shape index (κ1) is 13.3. The van der Waals surface area contributed by atoms with Crippen molar-refractivity contribution in [2.75, 3.05) is 0 Å². The monoisotopic (exact) mass is 274 g/mol. The highest BCUT2D eigenvalue weighted by molar-refractivity contribution is 5.70. The zero-order valence-corrected chi connectivity index (χ0v) is 9.30. The van der Waals surface area contributed by atoms with Gasteiger partial charge < -0.3 is 5.11 Å². The molecule has 0 unspecified atom stereocenters. The van der Waals surface area contributed by atoms with Crippen molar-refractivity contribution < 1.29 is 27.1 Å². The van der Waals surface area contributed by atoms with Gasteiger partial charge in [-0.3, -0.25) is 0 Å². The van der Waals surface area contributed by atoms with E-state index in [0.717, 1.165) is 24.3 Å². The lowest BCUT2D eigenvalue weighted by Crippen LogP contribution is -2.08. The molecule has 6 heteroatoms. The van der Waals surface area contributed by atoms with Crippen LogP contribution in [-0.2, 0) is 6.18 Å². The number of rotatable bonds is 1. The van der Waals surface area contributed by atoms with Gasteiger partial charge in [0.1, 0.15) is 17.4 Å². The van der Waals surface area contributed by atoms with Crippen molar-refractivity contribution >= 4 is 0 Å². The van der Waals surface area contributed by atoms with Gasteiger partial charge >= 0.3 is 6.18 Å². The molecule has 0 aliphatic heterocycles. The van der Waals surface area contributed by atoms with Crippen molar-refractivity contribution in [3.05, 3.63) is 53.6 Å². The molecule has 2 rings (SSSR count). The number of alkyl halides is 3. The molecular formula is C13H7F5O.